The van der Waals surface area contributed by atoms with Crippen molar-refractivity contribution in [3.8, 4) is 0 Å². The molecular weight excluding hydrogens is 274 g/mol. The first kappa shape index (κ1) is 17.2. The van der Waals surface area contributed by atoms with Gasteiger partial charge in [-0.05, 0) is 41.5 Å². The van der Waals surface area contributed by atoms with E-state index in [-0.39, 0.29) is 6.04 Å². The van der Waals surface area contributed by atoms with E-state index in [1.54, 1.807) is 13.8 Å². The molecule has 0 aliphatic rings. The number of nitrogens with zero attached hydrogens (tertiary/aromatic N) is 2. The van der Waals surface area contributed by atoms with E-state index < -0.39 is 14.6 Å². The topological polar surface area (TPSA) is 64.0 Å². The molecule has 1 atom stereocenters. The molecule has 1 rings (SSSR count). The molecule has 1 aromatic rings. The van der Waals surface area contributed by atoms with Crippen LogP contribution in [0.4, 0.5) is 0 Å². The van der Waals surface area contributed by atoms with Crippen LogP contribution in [0.5, 0.6) is 0 Å². The summed E-state index contributed by atoms with van der Waals surface area (Å²) in [4.78, 5) is 0. The van der Waals surface area contributed by atoms with Gasteiger partial charge in [-0.3, -0.25) is 4.68 Å². The number of sulfone groups is 1. The third kappa shape index (κ3) is 3.41. The van der Waals surface area contributed by atoms with Crippen LogP contribution in [0.2, 0.25) is 0 Å². The number of hydrogen-bond donors (Lipinski definition) is 1. The van der Waals surface area contributed by atoms with Crippen LogP contribution < -0.4 is 5.32 Å². The highest BCUT2D eigenvalue weighted by Crippen LogP contribution is 2.23. The molecule has 6 heteroatoms. The van der Waals surface area contributed by atoms with Gasteiger partial charge in [-0.25, -0.2) is 8.42 Å². The molecule has 0 fully saturated rings. The fourth-order valence-corrected chi connectivity index (χ4v) is 2.62. The highest BCUT2D eigenvalue weighted by Gasteiger charge is 2.30. The smallest absolute Gasteiger partial charge is 0.153 e. The van der Waals surface area contributed by atoms with Crippen LogP contribution in [0, 0.1) is 13.8 Å². The van der Waals surface area contributed by atoms with Crippen molar-refractivity contribution in [2.24, 2.45) is 0 Å². The van der Waals surface area contributed by atoms with Crippen molar-refractivity contribution in [2.75, 3.05) is 12.8 Å². The summed E-state index contributed by atoms with van der Waals surface area (Å²) in [5.74, 6) is 0. The summed E-state index contributed by atoms with van der Waals surface area (Å²) in [6.07, 6.45) is 1.28. The monoisotopic (exact) mass is 301 g/mol. The van der Waals surface area contributed by atoms with Crippen LogP contribution in [0.1, 0.15) is 50.7 Å². The quantitative estimate of drug-likeness (QED) is 0.873. The van der Waals surface area contributed by atoms with Crippen molar-refractivity contribution in [1.82, 2.24) is 15.1 Å². The minimum absolute atomic E-state index is 0.0799. The highest BCUT2D eigenvalue weighted by molar-refractivity contribution is 7.92. The van der Waals surface area contributed by atoms with Crippen LogP contribution in [0.15, 0.2) is 0 Å². The lowest BCUT2D eigenvalue weighted by molar-refractivity contribution is 0.486. The van der Waals surface area contributed by atoms with Crippen molar-refractivity contribution >= 4 is 9.84 Å². The average Bonchev–Trinajstić information content (AvgIpc) is 2.60. The lowest BCUT2D eigenvalue weighted by Crippen LogP contribution is -2.42. The summed E-state index contributed by atoms with van der Waals surface area (Å²) in [6.45, 7) is 12.9. The van der Waals surface area contributed by atoms with Gasteiger partial charge in [-0.2, -0.15) is 5.10 Å². The average molecular weight is 301 g/mol. The van der Waals surface area contributed by atoms with Crippen LogP contribution in [0.3, 0.4) is 0 Å². The number of aryl methyl sites for hydroxylation is 2. The second kappa shape index (κ2) is 5.85. The van der Waals surface area contributed by atoms with E-state index in [1.165, 1.54) is 6.26 Å². The Morgan fingerprint density at radius 1 is 1.35 bits per heavy atom. The molecule has 0 aromatic carbocycles. The fourth-order valence-electron chi connectivity index (χ4n) is 2.28. The zero-order chi connectivity index (χ0) is 15.7. The SMILES string of the molecule is CCn1nc(C)c(C(C)NCC(C)(C)S(C)(=O)=O)c1C. The second-order valence-electron chi connectivity index (χ2n) is 6.03. The number of aromatic nitrogens is 2. The maximum atomic E-state index is 11.7. The third-order valence-corrected chi connectivity index (χ3v) is 6.16. The Bertz CT molecular complexity index is 573. The Morgan fingerprint density at radius 2 is 1.90 bits per heavy atom. The van der Waals surface area contributed by atoms with Gasteiger partial charge in [0, 0.05) is 36.6 Å². The van der Waals surface area contributed by atoms with Gasteiger partial charge in [0.2, 0.25) is 0 Å². The number of rotatable bonds is 6. The van der Waals surface area contributed by atoms with Gasteiger partial charge >= 0.3 is 0 Å². The van der Waals surface area contributed by atoms with Crippen molar-refractivity contribution < 1.29 is 8.42 Å². The Morgan fingerprint density at radius 3 is 2.30 bits per heavy atom. The molecule has 0 amide bonds. The summed E-state index contributed by atoms with van der Waals surface area (Å²) in [7, 11) is -3.08. The van der Waals surface area contributed by atoms with Crippen molar-refractivity contribution in [3.05, 3.63) is 17.0 Å². The lowest BCUT2D eigenvalue weighted by atomic mass is 10.1. The van der Waals surface area contributed by atoms with Crippen molar-refractivity contribution in [2.45, 2.75) is 58.9 Å². The second-order valence-corrected chi connectivity index (χ2v) is 8.68. The van der Waals surface area contributed by atoms with E-state index in [1.807, 2.05) is 11.6 Å². The predicted molar refractivity (Wildman–Crippen MR) is 82.7 cm³/mol. The van der Waals surface area contributed by atoms with Crippen molar-refractivity contribution in [1.29, 1.82) is 0 Å². The van der Waals surface area contributed by atoms with E-state index in [9.17, 15) is 8.42 Å². The summed E-state index contributed by atoms with van der Waals surface area (Å²) in [5, 5.41) is 7.83. The molecule has 5 nitrogen and oxygen atoms in total. The molecule has 1 aromatic heterocycles. The minimum Gasteiger partial charge on any atom is -0.309 e. The highest BCUT2D eigenvalue weighted by atomic mass is 32.2. The predicted octanol–water partition coefficient (Wildman–Crippen LogP) is 1.99. The van der Waals surface area contributed by atoms with Crippen molar-refractivity contribution in [3.63, 3.8) is 0 Å². The molecule has 1 heterocycles. The van der Waals surface area contributed by atoms with E-state index in [0.29, 0.717) is 6.54 Å². The van der Waals surface area contributed by atoms with Gasteiger partial charge < -0.3 is 5.32 Å². The molecule has 0 saturated heterocycles. The molecular formula is C14H27N3O2S. The zero-order valence-corrected chi connectivity index (χ0v) is 14.4. The zero-order valence-electron chi connectivity index (χ0n) is 13.6. The molecule has 1 unspecified atom stereocenters. The molecule has 0 bridgehead atoms. The van der Waals surface area contributed by atoms with Gasteiger partial charge in [-0.1, -0.05) is 0 Å². The van der Waals surface area contributed by atoms with E-state index in [0.717, 1.165) is 23.5 Å². The summed E-state index contributed by atoms with van der Waals surface area (Å²) < 4.78 is 24.7. The summed E-state index contributed by atoms with van der Waals surface area (Å²) >= 11 is 0. The first-order valence-corrected chi connectivity index (χ1v) is 8.87. The van der Waals surface area contributed by atoms with Crippen LogP contribution in [0.25, 0.3) is 0 Å². The van der Waals surface area contributed by atoms with Gasteiger partial charge in [-0.15, -0.1) is 0 Å². The molecule has 0 spiro atoms. The maximum absolute atomic E-state index is 11.7. The van der Waals surface area contributed by atoms with Gasteiger partial charge in [0.05, 0.1) is 10.4 Å². The Kier molecular flexibility index (Phi) is 5.03. The molecule has 0 aliphatic carbocycles. The largest absolute Gasteiger partial charge is 0.309 e. The minimum atomic E-state index is -3.08. The molecule has 0 aliphatic heterocycles. The number of nitrogens with one attached hydrogen (secondary N) is 1. The van der Waals surface area contributed by atoms with Gasteiger partial charge in [0.25, 0.3) is 0 Å². The lowest BCUT2D eigenvalue weighted by Gasteiger charge is -2.25. The maximum Gasteiger partial charge on any atom is 0.153 e. The molecule has 0 radical (unpaired) electrons. The normalized spacial score (nSPS) is 14.6. The van der Waals surface area contributed by atoms with E-state index in [2.05, 4.69) is 31.2 Å². The number of hydrogen-bond acceptors (Lipinski definition) is 4. The Hall–Kier alpha value is -0.880. The molecule has 116 valence electrons. The van der Waals surface area contributed by atoms with E-state index >= 15 is 0 Å². The van der Waals surface area contributed by atoms with E-state index in [4.69, 9.17) is 0 Å². The summed E-state index contributed by atoms with van der Waals surface area (Å²) in [5.41, 5.74) is 3.31. The fraction of sp³-hybridized carbons (Fsp3) is 0.786. The summed E-state index contributed by atoms with van der Waals surface area (Å²) in [6, 6.07) is 0.0799. The van der Waals surface area contributed by atoms with Gasteiger partial charge in [0.1, 0.15) is 0 Å². The van der Waals surface area contributed by atoms with Crippen LogP contribution in [-0.2, 0) is 16.4 Å². The Balaban J connectivity index is 2.88. The Labute approximate surface area is 122 Å². The first-order valence-electron chi connectivity index (χ1n) is 6.98. The van der Waals surface area contributed by atoms with Crippen LogP contribution >= 0.6 is 0 Å². The molecule has 1 N–H and O–H groups in total. The molecule has 0 saturated carbocycles. The van der Waals surface area contributed by atoms with Gasteiger partial charge in [0.15, 0.2) is 9.84 Å². The third-order valence-electron chi connectivity index (χ3n) is 4.01. The van der Waals surface area contributed by atoms with Crippen LogP contribution in [-0.4, -0.2) is 35.7 Å². The first-order chi connectivity index (χ1) is 9.01. The molecule has 20 heavy (non-hydrogen) atoms. The standard InChI is InChI=1S/C14H27N3O2S/c1-8-17-12(4)13(11(3)16-17)10(2)15-9-14(5,6)20(7,18)19/h10,15H,8-9H2,1-7H3.